The molecule has 0 spiro atoms. The number of nitrogens with one attached hydrogen (secondary N) is 1. The van der Waals surface area contributed by atoms with Gasteiger partial charge in [0.05, 0.1) is 13.7 Å². The molecule has 1 aromatic carbocycles. The predicted molar refractivity (Wildman–Crippen MR) is 113 cm³/mol. The molecule has 6 nitrogen and oxygen atoms in total. The van der Waals surface area contributed by atoms with E-state index in [0.717, 1.165) is 19.3 Å². The molecule has 1 amide bonds. The van der Waals surface area contributed by atoms with Crippen molar-refractivity contribution in [2.45, 2.75) is 65.4 Å². The van der Waals surface area contributed by atoms with E-state index in [-0.39, 0.29) is 5.91 Å². The molecule has 6 heteroatoms. The molecular weight excluding hydrogens is 370 g/mol. The summed E-state index contributed by atoms with van der Waals surface area (Å²) in [6, 6.07) is 5.06. The Morgan fingerprint density at radius 3 is 2.69 bits per heavy atom. The molecule has 29 heavy (non-hydrogen) atoms. The number of carbonyl (C=O) groups is 2. The normalized spacial score (nSPS) is 21.7. The maximum atomic E-state index is 13.2. The lowest BCUT2D eigenvalue weighted by Gasteiger charge is -2.38. The topological polar surface area (TPSA) is 73.9 Å². The van der Waals surface area contributed by atoms with Crippen molar-refractivity contribution in [3.63, 3.8) is 0 Å². The molecule has 0 aromatic heterocycles. The summed E-state index contributed by atoms with van der Waals surface area (Å²) in [5.41, 5.74) is 0.0165. The Morgan fingerprint density at radius 2 is 2.07 bits per heavy atom. The quantitative estimate of drug-likeness (QED) is 0.596. The highest BCUT2D eigenvalue weighted by molar-refractivity contribution is 5.99. The molecule has 0 heterocycles. The number of hydrogen-bond donors (Lipinski definition) is 1. The van der Waals surface area contributed by atoms with Crippen LogP contribution < -0.4 is 10.1 Å². The van der Waals surface area contributed by atoms with Gasteiger partial charge in [0.1, 0.15) is 16.9 Å². The predicted octanol–water partition coefficient (Wildman–Crippen LogP) is 4.82. The molecular formula is C23H35NO5. The van der Waals surface area contributed by atoms with Gasteiger partial charge in [-0.1, -0.05) is 34.1 Å². The lowest BCUT2D eigenvalue weighted by atomic mass is 9.78. The zero-order valence-electron chi connectivity index (χ0n) is 18.4. The first-order valence-corrected chi connectivity index (χ1v) is 10.6. The standard InChI is InChI=1S/C23H35NO5/c1-6-12-29-23(11-7-8-17(4)14-23)22(26)24-18-9-10-20(28-15-16(2)3)19(13-18)21(25)27-5/h9-10,13,16-17H,6-8,11-12,14-15H2,1-5H3,(H,24,26)/t17-,23+/m0/s1. The first-order chi connectivity index (χ1) is 13.8. The van der Waals surface area contributed by atoms with E-state index in [4.69, 9.17) is 14.2 Å². The number of carbonyl (C=O) groups excluding carboxylic acids is 2. The van der Waals surface area contributed by atoms with Crippen molar-refractivity contribution in [2.75, 3.05) is 25.6 Å². The van der Waals surface area contributed by atoms with Crippen LogP contribution in [0.2, 0.25) is 0 Å². The van der Waals surface area contributed by atoms with Crippen molar-refractivity contribution in [3.8, 4) is 5.75 Å². The third-order valence-electron chi connectivity index (χ3n) is 5.17. The van der Waals surface area contributed by atoms with Crippen molar-refractivity contribution in [2.24, 2.45) is 11.8 Å². The number of anilines is 1. The van der Waals surface area contributed by atoms with Crippen LogP contribution in [0.3, 0.4) is 0 Å². The summed E-state index contributed by atoms with van der Waals surface area (Å²) < 4.78 is 16.7. The van der Waals surface area contributed by atoms with Gasteiger partial charge in [-0.3, -0.25) is 4.79 Å². The van der Waals surface area contributed by atoms with Crippen LogP contribution in [0.4, 0.5) is 5.69 Å². The summed E-state index contributed by atoms with van der Waals surface area (Å²) in [7, 11) is 1.33. The van der Waals surface area contributed by atoms with Crippen molar-refractivity contribution < 1.29 is 23.8 Å². The molecule has 0 radical (unpaired) electrons. The van der Waals surface area contributed by atoms with Crippen molar-refractivity contribution in [1.29, 1.82) is 0 Å². The SMILES string of the molecule is CCCO[C@]1(C(=O)Nc2ccc(OCC(C)C)c(C(=O)OC)c2)CCC[C@H](C)C1. The Hall–Kier alpha value is -2.08. The molecule has 1 N–H and O–H groups in total. The van der Waals surface area contributed by atoms with Crippen molar-refractivity contribution >= 4 is 17.6 Å². The molecule has 1 aliphatic rings. The second kappa shape index (κ2) is 10.6. The molecule has 1 aromatic rings. The Labute approximate surface area is 174 Å². The van der Waals surface area contributed by atoms with Gasteiger partial charge in [-0.25, -0.2) is 4.79 Å². The minimum absolute atomic E-state index is 0.149. The van der Waals surface area contributed by atoms with E-state index in [1.807, 2.05) is 20.8 Å². The maximum Gasteiger partial charge on any atom is 0.341 e. The first kappa shape index (κ1) is 23.2. The van der Waals surface area contributed by atoms with Gasteiger partial charge in [-0.15, -0.1) is 0 Å². The number of esters is 1. The Morgan fingerprint density at radius 1 is 1.31 bits per heavy atom. The lowest BCUT2D eigenvalue weighted by molar-refractivity contribution is -0.148. The van der Waals surface area contributed by atoms with Gasteiger partial charge in [0.2, 0.25) is 0 Å². The van der Waals surface area contributed by atoms with Gasteiger partial charge >= 0.3 is 5.97 Å². The summed E-state index contributed by atoms with van der Waals surface area (Å²) >= 11 is 0. The zero-order valence-corrected chi connectivity index (χ0v) is 18.4. The van der Waals surface area contributed by atoms with Gasteiger partial charge in [-0.2, -0.15) is 0 Å². The van der Waals surface area contributed by atoms with Crippen LogP contribution in [0, 0.1) is 11.8 Å². The maximum absolute atomic E-state index is 13.2. The van der Waals surface area contributed by atoms with Crippen LogP contribution in [0.5, 0.6) is 5.75 Å². The Kier molecular flexibility index (Phi) is 8.50. The summed E-state index contributed by atoms with van der Waals surface area (Å²) in [5, 5.41) is 2.97. The lowest BCUT2D eigenvalue weighted by Crippen LogP contribution is -2.48. The van der Waals surface area contributed by atoms with E-state index in [0.29, 0.717) is 54.9 Å². The summed E-state index contributed by atoms with van der Waals surface area (Å²) in [4.78, 5) is 25.4. The van der Waals surface area contributed by atoms with Crippen LogP contribution in [-0.4, -0.2) is 37.8 Å². The Bertz CT molecular complexity index is 703. The molecule has 0 saturated heterocycles. The number of benzene rings is 1. The molecule has 2 atom stereocenters. The second-order valence-electron chi connectivity index (χ2n) is 8.41. The number of rotatable bonds is 9. The average molecular weight is 406 g/mol. The fraction of sp³-hybridized carbons (Fsp3) is 0.652. The fourth-order valence-electron chi connectivity index (χ4n) is 3.71. The molecule has 1 saturated carbocycles. The van der Waals surface area contributed by atoms with Gasteiger partial charge in [0, 0.05) is 12.3 Å². The highest BCUT2D eigenvalue weighted by Crippen LogP contribution is 2.36. The largest absolute Gasteiger partial charge is 0.492 e. The summed E-state index contributed by atoms with van der Waals surface area (Å²) in [6.07, 6.45) is 4.35. The smallest absolute Gasteiger partial charge is 0.341 e. The minimum atomic E-state index is -0.814. The monoisotopic (exact) mass is 405 g/mol. The van der Waals surface area contributed by atoms with Crippen molar-refractivity contribution in [3.05, 3.63) is 23.8 Å². The number of ether oxygens (including phenoxy) is 3. The number of hydrogen-bond acceptors (Lipinski definition) is 5. The molecule has 0 bridgehead atoms. The molecule has 0 unspecified atom stereocenters. The highest BCUT2D eigenvalue weighted by atomic mass is 16.5. The first-order valence-electron chi connectivity index (χ1n) is 10.6. The second-order valence-corrected chi connectivity index (χ2v) is 8.41. The third kappa shape index (κ3) is 6.20. The van der Waals surface area contributed by atoms with Gasteiger partial charge in [0.15, 0.2) is 0 Å². The summed E-state index contributed by atoms with van der Waals surface area (Å²) in [6.45, 7) is 9.31. The van der Waals surface area contributed by atoms with Gasteiger partial charge < -0.3 is 19.5 Å². The van der Waals surface area contributed by atoms with E-state index in [2.05, 4.69) is 12.2 Å². The van der Waals surface area contributed by atoms with Crippen LogP contribution in [0.25, 0.3) is 0 Å². The average Bonchev–Trinajstić information content (AvgIpc) is 2.70. The van der Waals surface area contributed by atoms with Crippen LogP contribution in [0.1, 0.15) is 70.2 Å². The molecule has 0 aliphatic heterocycles. The van der Waals surface area contributed by atoms with E-state index in [1.54, 1.807) is 18.2 Å². The molecule has 1 fully saturated rings. The van der Waals surface area contributed by atoms with E-state index in [9.17, 15) is 9.59 Å². The number of methoxy groups -OCH3 is 1. The van der Waals surface area contributed by atoms with Crippen LogP contribution in [-0.2, 0) is 14.3 Å². The third-order valence-corrected chi connectivity index (χ3v) is 5.17. The van der Waals surface area contributed by atoms with Crippen LogP contribution in [0.15, 0.2) is 18.2 Å². The van der Waals surface area contributed by atoms with Gasteiger partial charge in [-0.05, 0) is 55.7 Å². The fourth-order valence-corrected chi connectivity index (χ4v) is 3.71. The minimum Gasteiger partial charge on any atom is -0.492 e. The molecule has 162 valence electrons. The van der Waals surface area contributed by atoms with E-state index < -0.39 is 11.6 Å². The zero-order chi connectivity index (χ0) is 21.4. The molecule has 2 rings (SSSR count). The van der Waals surface area contributed by atoms with Crippen molar-refractivity contribution in [1.82, 2.24) is 0 Å². The Balaban J connectivity index is 2.24. The summed E-state index contributed by atoms with van der Waals surface area (Å²) in [5.74, 6) is 0.562. The molecule has 1 aliphatic carbocycles. The number of amides is 1. The van der Waals surface area contributed by atoms with Gasteiger partial charge in [0.25, 0.3) is 5.91 Å². The van der Waals surface area contributed by atoms with E-state index in [1.165, 1.54) is 7.11 Å². The van der Waals surface area contributed by atoms with Crippen LogP contribution >= 0.6 is 0 Å². The highest BCUT2D eigenvalue weighted by Gasteiger charge is 2.42. The van der Waals surface area contributed by atoms with E-state index >= 15 is 0 Å².